The van der Waals surface area contributed by atoms with E-state index in [1.54, 1.807) is 17.0 Å². The van der Waals surface area contributed by atoms with Crippen LogP contribution in [0.2, 0.25) is 0 Å². The Labute approximate surface area is 198 Å². The van der Waals surface area contributed by atoms with Gasteiger partial charge < -0.3 is 19.9 Å². The summed E-state index contributed by atoms with van der Waals surface area (Å²) in [4.78, 5) is 40.7. The summed E-state index contributed by atoms with van der Waals surface area (Å²) in [7, 11) is 0. The number of benzene rings is 3. The van der Waals surface area contributed by atoms with Crippen LogP contribution in [0.25, 0.3) is 11.1 Å². The molecule has 3 aromatic carbocycles. The lowest BCUT2D eigenvalue weighted by Gasteiger charge is -2.36. The zero-order chi connectivity index (χ0) is 23.8. The van der Waals surface area contributed by atoms with Crippen LogP contribution in [0.15, 0.2) is 84.9 Å². The summed E-state index contributed by atoms with van der Waals surface area (Å²) in [6.07, 6.45) is 0. The Kier molecular flexibility index (Phi) is 7.55. The first-order valence-electron chi connectivity index (χ1n) is 11.3. The van der Waals surface area contributed by atoms with Crippen molar-refractivity contribution in [3.63, 3.8) is 0 Å². The van der Waals surface area contributed by atoms with Gasteiger partial charge in [-0.1, -0.05) is 60.7 Å². The Morgan fingerprint density at radius 1 is 0.735 bits per heavy atom. The summed E-state index contributed by atoms with van der Waals surface area (Å²) in [6, 6.07) is 27.0. The minimum atomic E-state index is -0.648. The molecule has 4 rings (SSSR count). The Balaban J connectivity index is 1.17. The molecule has 1 fully saturated rings. The zero-order valence-corrected chi connectivity index (χ0v) is 18.9. The fourth-order valence-corrected chi connectivity index (χ4v) is 3.84. The van der Waals surface area contributed by atoms with Gasteiger partial charge in [-0.2, -0.15) is 0 Å². The molecule has 0 saturated carbocycles. The first-order chi connectivity index (χ1) is 16.6. The molecule has 1 aliphatic rings. The first-order valence-corrected chi connectivity index (χ1v) is 11.3. The number of hydrogen-bond donors (Lipinski definition) is 1. The van der Waals surface area contributed by atoms with Crippen LogP contribution in [0.1, 0.15) is 10.4 Å². The number of para-hydroxylation sites is 1. The van der Waals surface area contributed by atoms with Crippen molar-refractivity contribution in [2.24, 2.45) is 0 Å². The number of esters is 1. The lowest BCUT2D eigenvalue weighted by atomic mass is 10.0. The van der Waals surface area contributed by atoms with Gasteiger partial charge >= 0.3 is 5.97 Å². The summed E-state index contributed by atoms with van der Waals surface area (Å²) in [6.45, 7) is 1.97. The molecule has 1 saturated heterocycles. The molecule has 0 bridgehead atoms. The van der Waals surface area contributed by atoms with Gasteiger partial charge in [0, 0.05) is 37.4 Å². The summed E-state index contributed by atoms with van der Waals surface area (Å²) in [5.41, 5.74) is 3.63. The fourth-order valence-electron chi connectivity index (χ4n) is 3.84. The van der Waals surface area contributed by atoms with Crippen molar-refractivity contribution in [2.45, 2.75) is 0 Å². The van der Waals surface area contributed by atoms with Gasteiger partial charge in [0.15, 0.2) is 6.61 Å². The van der Waals surface area contributed by atoms with Crippen molar-refractivity contribution >= 4 is 23.5 Å². The number of rotatable bonds is 7. The van der Waals surface area contributed by atoms with Crippen molar-refractivity contribution in [3.05, 3.63) is 90.5 Å². The maximum absolute atomic E-state index is 12.4. The number of ether oxygens (including phenoxy) is 1. The summed E-state index contributed by atoms with van der Waals surface area (Å²) in [5.74, 6) is -1.26. The van der Waals surface area contributed by atoms with Crippen molar-refractivity contribution in [1.82, 2.24) is 10.2 Å². The van der Waals surface area contributed by atoms with Crippen LogP contribution < -0.4 is 10.2 Å². The second-order valence-corrected chi connectivity index (χ2v) is 7.99. The molecule has 0 spiro atoms. The van der Waals surface area contributed by atoms with E-state index in [1.807, 2.05) is 72.8 Å². The van der Waals surface area contributed by atoms with E-state index in [0.717, 1.165) is 29.9 Å². The van der Waals surface area contributed by atoms with E-state index in [9.17, 15) is 14.4 Å². The quantitative estimate of drug-likeness (QED) is 0.552. The number of hydrogen-bond acceptors (Lipinski definition) is 5. The maximum atomic E-state index is 12.4. The molecular weight excluding hydrogens is 430 g/mol. The van der Waals surface area contributed by atoms with Crippen LogP contribution in [0, 0.1) is 0 Å². The predicted molar refractivity (Wildman–Crippen MR) is 130 cm³/mol. The van der Waals surface area contributed by atoms with Crippen molar-refractivity contribution in [3.8, 4) is 11.1 Å². The molecule has 1 aliphatic heterocycles. The summed E-state index contributed by atoms with van der Waals surface area (Å²) in [5, 5.41) is 2.54. The minimum Gasteiger partial charge on any atom is -0.454 e. The highest BCUT2D eigenvalue weighted by Crippen LogP contribution is 2.19. The van der Waals surface area contributed by atoms with E-state index in [1.165, 1.54) is 0 Å². The number of piperazine rings is 1. The fraction of sp³-hybridized carbons (Fsp3) is 0.222. The second kappa shape index (κ2) is 11.1. The zero-order valence-electron chi connectivity index (χ0n) is 18.9. The highest BCUT2D eigenvalue weighted by atomic mass is 16.5. The smallest absolute Gasteiger partial charge is 0.325 e. The lowest BCUT2D eigenvalue weighted by Crippen LogP contribution is -2.50. The number of carbonyl (C=O) groups excluding carboxylic acids is 3. The highest BCUT2D eigenvalue weighted by molar-refractivity contribution is 5.96. The van der Waals surface area contributed by atoms with E-state index < -0.39 is 5.97 Å². The third-order valence-electron chi connectivity index (χ3n) is 5.76. The summed E-state index contributed by atoms with van der Waals surface area (Å²) >= 11 is 0. The molecule has 0 atom stereocenters. The van der Waals surface area contributed by atoms with Gasteiger partial charge in [0.2, 0.25) is 0 Å². The Hall–Kier alpha value is -4.13. The first kappa shape index (κ1) is 23.0. The summed E-state index contributed by atoms with van der Waals surface area (Å²) < 4.78 is 5.07. The molecule has 0 unspecified atom stereocenters. The molecule has 0 aromatic heterocycles. The average molecular weight is 458 g/mol. The third-order valence-corrected chi connectivity index (χ3v) is 5.76. The molecule has 1 heterocycles. The van der Waals surface area contributed by atoms with Gasteiger partial charge in [0.05, 0.1) is 0 Å². The number of amides is 2. The van der Waals surface area contributed by atoms with E-state index in [0.29, 0.717) is 18.7 Å². The lowest BCUT2D eigenvalue weighted by molar-refractivity contribution is -0.151. The van der Waals surface area contributed by atoms with E-state index in [-0.39, 0.29) is 25.0 Å². The molecule has 7 nitrogen and oxygen atoms in total. The van der Waals surface area contributed by atoms with Crippen LogP contribution >= 0.6 is 0 Å². The Bertz CT molecular complexity index is 1110. The maximum Gasteiger partial charge on any atom is 0.325 e. The van der Waals surface area contributed by atoms with Gasteiger partial charge in [-0.3, -0.25) is 14.4 Å². The van der Waals surface area contributed by atoms with Gasteiger partial charge in [0.25, 0.3) is 11.8 Å². The van der Waals surface area contributed by atoms with Crippen molar-refractivity contribution in [2.75, 3.05) is 44.2 Å². The van der Waals surface area contributed by atoms with Crippen molar-refractivity contribution < 1.29 is 19.1 Å². The molecular formula is C27H27N3O4. The number of carbonyl (C=O) groups is 3. The molecule has 0 aliphatic carbocycles. The molecule has 2 amide bonds. The highest BCUT2D eigenvalue weighted by Gasteiger charge is 2.22. The minimum absolute atomic E-state index is 0.233. The molecule has 7 heteroatoms. The largest absolute Gasteiger partial charge is 0.454 e. The van der Waals surface area contributed by atoms with Gasteiger partial charge in [-0.05, 0) is 35.4 Å². The monoisotopic (exact) mass is 457 g/mol. The number of nitrogens with zero attached hydrogens (tertiary/aromatic N) is 2. The molecule has 174 valence electrons. The third kappa shape index (κ3) is 6.01. The SMILES string of the molecule is O=C(CNC(=O)c1ccc(-c2ccccc2)cc1)OCC(=O)N1CCN(c2ccccc2)CC1. The molecule has 1 N–H and O–H groups in total. The van der Waals surface area contributed by atoms with Crippen LogP contribution in [-0.2, 0) is 14.3 Å². The van der Waals surface area contributed by atoms with E-state index in [4.69, 9.17) is 4.74 Å². The molecule has 34 heavy (non-hydrogen) atoms. The standard InChI is InChI=1S/C27H27N3O4/c31-25(30-17-15-29(16-18-30)24-9-5-2-6-10-24)20-34-26(32)19-28-27(33)23-13-11-22(12-14-23)21-7-3-1-4-8-21/h1-14H,15-20H2,(H,28,33). The van der Waals surface area contributed by atoms with E-state index >= 15 is 0 Å². The van der Waals surface area contributed by atoms with Crippen molar-refractivity contribution in [1.29, 1.82) is 0 Å². The normalized spacial score (nSPS) is 13.3. The number of anilines is 1. The average Bonchev–Trinajstić information content (AvgIpc) is 2.91. The van der Waals surface area contributed by atoms with Gasteiger partial charge in [0.1, 0.15) is 6.54 Å². The van der Waals surface area contributed by atoms with Crippen LogP contribution in [0.3, 0.4) is 0 Å². The Morgan fingerprint density at radius 3 is 1.97 bits per heavy atom. The van der Waals surface area contributed by atoms with Crippen LogP contribution in [0.5, 0.6) is 0 Å². The van der Waals surface area contributed by atoms with Gasteiger partial charge in [-0.25, -0.2) is 0 Å². The number of nitrogens with one attached hydrogen (secondary N) is 1. The Morgan fingerprint density at radius 2 is 1.32 bits per heavy atom. The van der Waals surface area contributed by atoms with Gasteiger partial charge in [-0.15, -0.1) is 0 Å². The molecule has 3 aromatic rings. The molecule has 0 radical (unpaired) electrons. The second-order valence-electron chi connectivity index (χ2n) is 7.99. The predicted octanol–water partition coefficient (Wildman–Crippen LogP) is 2.98. The van der Waals surface area contributed by atoms with Crippen LogP contribution in [0.4, 0.5) is 5.69 Å². The van der Waals surface area contributed by atoms with E-state index in [2.05, 4.69) is 10.2 Å². The van der Waals surface area contributed by atoms with Crippen LogP contribution in [-0.4, -0.2) is 62.0 Å². The topological polar surface area (TPSA) is 78.9 Å².